The Labute approximate surface area is 178 Å². The maximum Gasteiger partial charge on any atom is 0.337 e. The van der Waals surface area contributed by atoms with Gasteiger partial charge >= 0.3 is 5.97 Å². The highest BCUT2D eigenvalue weighted by molar-refractivity contribution is 7.17. The Morgan fingerprint density at radius 2 is 1.77 bits per heavy atom. The molecule has 0 saturated carbocycles. The number of fused-ring (bicyclic) bond motifs is 1. The Kier molecular flexibility index (Phi) is 5.26. The van der Waals surface area contributed by atoms with Gasteiger partial charge in [-0.3, -0.25) is 9.36 Å². The van der Waals surface area contributed by atoms with Crippen LogP contribution in [0.25, 0.3) is 21.6 Å². The van der Waals surface area contributed by atoms with Gasteiger partial charge in [0.05, 0.1) is 17.5 Å². The van der Waals surface area contributed by atoms with Gasteiger partial charge in [-0.1, -0.05) is 67.9 Å². The zero-order chi connectivity index (χ0) is 21.4. The highest BCUT2D eigenvalue weighted by Gasteiger charge is 2.20. The fraction of sp³-hybridized carbons (Fsp3) is 0.208. The van der Waals surface area contributed by atoms with Crippen LogP contribution in [-0.4, -0.2) is 20.6 Å². The number of hydrogen-bond donors (Lipinski definition) is 1. The smallest absolute Gasteiger partial charge is 0.337 e. The molecular formula is C24H22N2O3S. The Morgan fingerprint density at radius 3 is 2.37 bits per heavy atom. The van der Waals surface area contributed by atoms with Crippen molar-refractivity contribution in [3.8, 4) is 11.4 Å². The first-order valence-electron chi connectivity index (χ1n) is 9.76. The summed E-state index contributed by atoms with van der Waals surface area (Å²) in [4.78, 5) is 30.2. The van der Waals surface area contributed by atoms with Crippen molar-refractivity contribution in [3.05, 3.63) is 86.5 Å². The van der Waals surface area contributed by atoms with Crippen LogP contribution in [-0.2, 0) is 6.54 Å². The van der Waals surface area contributed by atoms with Gasteiger partial charge in [-0.25, -0.2) is 9.78 Å². The molecular weight excluding hydrogens is 396 g/mol. The van der Waals surface area contributed by atoms with Crippen molar-refractivity contribution in [1.82, 2.24) is 9.55 Å². The number of benzene rings is 2. The third-order valence-corrected chi connectivity index (χ3v) is 6.09. The molecule has 0 amide bonds. The molecule has 0 radical (unpaired) electrons. The van der Waals surface area contributed by atoms with Crippen LogP contribution in [0.3, 0.4) is 0 Å². The van der Waals surface area contributed by atoms with Crippen molar-refractivity contribution in [2.75, 3.05) is 0 Å². The Bertz CT molecular complexity index is 1280. The van der Waals surface area contributed by atoms with Gasteiger partial charge in [0, 0.05) is 10.9 Å². The highest BCUT2D eigenvalue weighted by Crippen LogP contribution is 2.26. The summed E-state index contributed by atoms with van der Waals surface area (Å²) in [5.41, 5.74) is 3.80. The Hall–Kier alpha value is -3.25. The van der Waals surface area contributed by atoms with Crippen molar-refractivity contribution in [2.24, 2.45) is 0 Å². The molecule has 30 heavy (non-hydrogen) atoms. The van der Waals surface area contributed by atoms with Gasteiger partial charge in [-0.2, -0.15) is 0 Å². The molecule has 0 aliphatic heterocycles. The Morgan fingerprint density at radius 1 is 1.10 bits per heavy atom. The number of carbonyl (C=O) groups is 1. The van der Waals surface area contributed by atoms with Crippen molar-refractivity contribution >= 4 is 27.5 Å². The van der Waals surface area contributed by atoms with Crippen LogP contribution in [0.2, 0.25) is 0 Å². The minimum atomic E-state index is -1.11. The molecule has 0 unspecified atom stereocenters. The number of thiophene rings is 1. The summed E-state index contributed by atoms with van der Waals surface area (Å²) >= 11 is 1.18. The van der Waals surface area contributed by atoms with E-state index in [2.05, 4.69) is 26.0 Å². The van der Waals surface area contributed by atoms with E-state index in [9.17, 15) is 14.7 Å². The highest BCUT2D eigenvalue weighted by atomic mass is 32.1. The van der Waals surface area contributed by atoms with Gasteiger partial charge in [0.25, 0.3) is 5.56 Å². The molecule has 4 aromatic rings. The fourth-order valence-corrected chi connectivity index (χ4v) is 4.34. The van der Waals surface area contributed by atoms with Crippen molar-refractivity contribution in [3.63, 3.8) is 0 Å². The van der Waals surface area contributed by atoms with E-state index in [0.29, 0.717) is 23.1 Å². The zero-order valence-corrected chi connectivity index (χ0v) is 17.9. The van der Waals surface area contributed by atoms with E-state index in [4.69, 9.17) is 4.98 Å². The largest absolute Gasteiger partial charge is 0.478 e. The first kappa shape index (κ1) is 20.0. The molecule has 152 valence electrons. The van der Waals surface area contributed by atoms with Gasteiger partial charge in [0.1, 0.15) is 10.7 Å². The van der Waals surface area contributed by atoms with Crippen LogP contribution in [0.1, 0.15) is 46.8 Å². The molecule has 6 heteroatoms. The molecule has 0 aliphatic carbocycles. The maximum absolute atomic E-state index is 13.4. The summed E-state index contributed by atoms with van der Waals surface area (Å²) in [7, 11) is 0. The third-order valence-electron chi connectivity index (χ3n) is 5.22. The fourth-order valence-electron chi connectivity index (χ4n) is 3.44. The van der Waals surface area contributed by atoms with E-state index in [0.717, 1.165) is 16.7 Å². The molecule has 2 aromatic heterocycles. The Balaban J connectivity index is 1.92. The van der Waals surface area contributed by atoms with E-state index < -0.39 is 5.97 Å². The monoisotopic (exact) mass is 418 g/mol. The normalized spacial score (nSPS) is 11.3. The van der Waals surface area contributed by atoms with Gasteiger partial charge in [-0.05, 0) is 24.0 Å². The molecule has 0 spiro atoms. The lowest BCUT2D eigenvalue weighted by molar-refractivity contribution is 0.0699. The second-order valence-corrected chi connectivity index (χ2v) is 8.58. The molecule has 1 N–H and O–H groups in total. The lowest BCUT2D eigenvalue weighted by Gasteiger charge is -2.14. The SMILES string of the molecule is Cc1ccc(-c2nc3scc(C(=O)O)c3c(=O)n2Cc2ccc(C(C)C)cc2)cc1. The van der Waals surface area contributed by atoms with E-state index in [1.54, 1.807) is 4.57 Å². The number of carboxylic acids is 1. The number of rotatable bonds is 5. The summed E-state index contributed by atoms with van der Waals surface area (Å²) in [5.74, 6) is -0.151. The molecule has 0 bridgehead atoms. The predicted octanol–water partition coefficient (Wildman–Crippen LogP) is 5.30. The second-order valence-electron chi connectivity index (χ2n) is 7.72. The van der Waals surface area contributed by atoms with Crippen LogP contribution in [0, 0.1) is 6.92 Å². The van der Waals surface area contributed by atoms with Gasteiger partial charge in [0.15, 0.2) is 0 Å². The summed E-state index contributed by atoms with van der Waals surface area (Å²) < 4.78 is 1.58. The zero-order valence-electron chi connectivity index (χ0n) is 17.0. The summed E-state index contributed by atoms with van der Waals surface area (Å²) in [5, 5.41) is 11.2. The number of aromatic nitrogens is 2. The van der Waals surface area contributed by atoms with Gasteiger partial charge in [0.2, 0.25) is 0 Å². The molecule has 5 nitrogen and oxygen atoms in total. The molecule has 0 aliphatic rings. The van der Waals surface area contributed by atoms with Gasteiger partial charge in [-0.15, -0.1) is 11.3 Å². The minimum absolute atomic E-state index is 0.00635. The molecule has 4 rings (SSSR count). The summed E-state index contributed by atoms with van der Waals surface area (Å²) in [6.07, 6.45) is 0. The average Bonchev–Trinajstić information content (AvgIpc) is 3.16. The van der Waals surface area contributed by atoms with Crippen LogP contribution in [0.5, 0.6) is 0 Å². The van der Waals surface area contributed by atoms with Crippen LogP contribution in [0.4, 0.5) is 0 Å². The maximum atomic E-state index is 13.4. The third kappa shape index (κ3) is 3.66. The molecule has 0 atom stereocenters. The topological polar surface area (TPSA) is 72.2 Å². The summed E-state index contributed by atoms with van der Waals surface area (Å²) in [6, 6.07) is 16.0. The molecule has 2 heterocycles. The van der Waals surface area contributed by atoms with E-state index >= 15 is 0 Å². The number of carboxylic acid groups (broad SMARTS) is 1. The van der Waals surface area contributed by atoms with Crippen LogP contribution >= 0.6 is 11.3 Å². The van der Waals surface area contributed by atoms with E-state index in [1.807, 2.05) is 43.3 Å². The molecule has 0 fully saturated rings. The standard InChI is InChI=1S/C24H22N2O3S/c1-14(2)17-10-6-16(7-11-17)12-26-21(18-8-4-15(3)5-9-18)25-22-20(23(26)27)19(13-30-22)24(28)29/h4-11,13-14H,12H2,1-3H3,(H,28,29). The van der Waals surface area contributed by atoms with E-state index in [-0.39, 0.29) is 16.5 Å². The number of aromatic carboxylic acids is 1. The lowest BCUT2D eigenvalue weighted by atomic mass is 10.0. The first-order valence-corrected chi connectivity index (χ1v) is 10.6. The predicted molar refractivity (Wildman–Crippen MR) is 121 cm³/mol. The average molecular weight is 419 g/mol. The quantitative estimate of drug-likeness (QED) is 0.477. The second kappa shape index (κ2) is 7.88. The molecule has 2 aromatic carbocycles. The van der Waals surface area contributed by atoms with E-state index in [1.165, 1.54) is 22.3 Å². The lowest BCUT2D eigenvalue weighted by Crippen LogP contribution is -2.24. The number of nitrogens with zero attached hydrogens (tertiary/aromatic N) is 2. The minimum Gasteiger partial charge on any atom is -0.478 e. The van der Waals surface area contributed by atoms with Gasteiger partial charge < -0.3 is 5.11 Å². The first-order chi connectivity index (χ1) is 14.3. The van der Waals surface area contributed by atoms with Crippen molar-refractivity contribution in [1.29, 1.82) is 0 Å². The van der Waals surface area contributed by atoms with Crippen LogP contribution < -0.4 is 5.56 Å². The van der Waals surface area contributed by atoms with Crippen molar-refractivity contribution < 1.29 is 9.90 Å². The van der Waals surface area contributed by atoms with Crippen LogP contribution in [0.15, 0.2) is 58.7 Å². The van der Waals surface area contributed by atoms with Crippen molar-refractivity contribution in [2.45, 2.75) is 33.2 Å². The summed E-state index contributed by atoms with van der Waals surface area (Å²) in [6.45, 7) is 6.59. The number of hydrogen-bond acceptors (Lipinski definition) is 4. The number of aryl methyl sites for hydroxylation is 1. The molecule has 0 saturated heterocycles.